The molecule has 10 heteroatoms. The number of para-hydroxylation sites is 1. The number of hydrazone groups is 1. The van der Waals surface area contributed by atoms with E-state index in [-0.39, 0.29) is 6.61 Å². The lowest BCUT2D eigenvalue weighted by Gasteiger charge is -2.10. The summed E-state index contributed by atoms with van der Waals surface area (Å²) in [6.07, 6.45) is 0.947. The van der Waals surface area contributed by atoms with E-state index in [9.17, 15) is 14.4 Å². The second kappa shape index (κ2) is 11.4. The molecule has 2 amide bonds. The lowest BCUT2D eigenvalue weighted by Crippen LogP contribution is -2.24. The van der Waals surface area contributed by atoms with Crippen molar-refractivity contribution in [3.63, 3.8) is 0 Å². The Morgan fingerprint density at radius 1 is 1.07 bits per heavy atom. The first kappa shape index (κ1) is 22.7. The Bertz CT molecular complexity index is 948. The minimum absolute atomic E-state index is 0.257. The van der Waals surface area contributed by atoms with Gasteiger partial charge in [-0.1, -0.05) is 23.7 Å². The summed E-state index contributed by atoms with van der Waals surface area (Å²) >= 11 is 5.95. The third kappa shape index (κ3) is 7.10. The van der Waals surface area contributed by atoms with Crippen LogP contribution < -0.4 is 20.2 Å². The van der Waals surface area contributed by atoms with Crippen LogP contribution in [0.4, 0.5) is 5.69 Å². The van der Waals surface area contributed by atoms with Gasteiger partial charge in [0.05, 0.1) is 31.1 Å². The molecule has 2 N–H and O–H groups in total. The molecule has 158 valence electrons. The fourth-order valence-corrected chi connectivity index (χ4v) is 2.38. The number of nitrogens with zero attached hydrogens (tertiary/aromatic N) is 1. The van der Waals surface area contributed by atoms with Crippen molar-refractivity contribution in [1.82, 2.24) is 5.43 Å². The van der Waals surface area contributed by atoms with Crippen LogP contribution >= 0.6 is 11.6 Å². The highest BCUT2D eigenvalue weighted by Gasteiger charge is 2.11. The summed E-state index contributed by atoms with van der Waals surface area (Å²) in [6, 6.07) is 11.5. The average Bonchev–Trinajstić information content (AvgIpc) is 2.73. The van der Waals surface area contributed by atoms with Gasteiger partial charge >= 0.3 is 5.97 Å². The van der Waals surface area contributed by atoms with Gasteiger partial charge in [-0.05, 0) is 35.9 Å². The number of benzene rings is 2. The standard InChI is InChI=1S/C20H20ClN3O6/c1-28-17-9-13(7-8-16(17)30-12-20(27)29-2)11-22-24-19(26)10-18(25)23-15-6-4-3-5-14(15)21/h3-9,11H,10,12H2,1-2H3,(H,23,25)(H,24,26). The molecule has 2 rings (SSSR count). The second-order valence-electron chi connectivity index (χ2n) is 5.77. The van der Waals surface area contributed by atoms with E-state index >= 15 is 0 Å². The molecule has 0 saturated carbocycles. The van der Waals surface area contributed by atoms with Crippen LogP contribution in [0.2, 0.25) is 5.02 Å². The second-order valence-corrected chi connectivity index (χ2v) is 6.18. The number of rotatable bonds is 9. The third-order valence-electron chi connectivity index (χ3n) is 3.63. The van der Waals surface area contributed by atoms with Crippen molar-refractivity contribution in [3.8, 4) is 11.5 Å². The topological polar surface area (TPSA) is 115 Å². The molecule has 0 radical (unpaired) electrons. The van der Waals surface area contributed by atoms with Crippen LogP contribution in [0.25, 0.3) is 0 Å². The number of halogens is 1. The number of hydrogen-bond acceptors (Lipinski definition) is 7. The Morgan fingerprint density at radius 2 is 1.83 bits per heavy atom. The van der Waals surface area contributed by atoms with E-state index < -0.39 is 24.2 Å². The van der Waals surface area contributed by atoms with Crippen LogP contribution in [0.3, 0.4) is 0 Å². The lowest BCUT2D eigenvalue weighted by atomic mass is 10.2. The number of carbonyl (C=O) groups excluding carboxylic acids is 3. The predicted molar refractivity (Wildman–Crippen MR) is 111 cm³/mol. The van der Waals surface area contributed by atoms with Gasteiger partial charge in [0, 0.05) is 0 Å². The Morgan fingerprint density at radius 3 is 2.53 bits per heavy atom. The van der Waals surface area contributed by atoms with E-state index in [0.717, 1.165) is 0 Å². The van der Waals surface area contributed by atoms with Gasteiger partial charge < -0.3 is 19.5 Å². The van der Waals surface area contributed by atoms with E-state index in [0.29, 0.717) is 27.8 Å². The van der Waals surface area contributed by atoms with E-state index in [2.05, 4.69) is 20.6 Å². The van der Waals surface area contributed by atoms with Crippen molar-refractivity contribution in [2.45, 2.75) is 6.42 Å². The SMILES string of the molecule is COC(=O)COc1ccc(C=NNC(=O)CC(=O)Nc2ccccc2Cl)cc1OC. The number of methoxy groups -OCH3 is 2. The van der Waals surface area contributed by atoms with Crippen molar-refractivity contribution < 1.29 is 28.6 Å². The van der Waals surface area contributed by atoms with E-state index in [4.69, 9.17) is 21.1 Å². The van der Waals surface area contributed by atoms with Crippen LogP contribution in [-0.2, 0) is 19.1 Å². The summed E-state index contributed by atoms with van der Waals surface area (Å²) in [5, 5.41) is 6.73. The summed E-state index contributed by atoms with van der Waals surface area (Å²) in [5.41, 5.74) is 3.28. The van der Waals surface area contributed by atoms with Gasteiger partial charge in [0.1, 0.15) is 6.42 Å². The average molecular weight is 434 g/mol. The van der Waals surface area contributed by atoms with Gasteiger partial charge in [0.2, 0.25) is 11.8 Å². The predicted octanol–water partition coefficient (Wildman–Crippen LogP) is 2.38. The zero-order chi connectivity index (χ0) is 21.9. The van der Waals surface area contributed by atoms with Crippen molar-refractivity contribution in [2.75, 3.05) is 26.1 Å². The summed E-state index contributed by atoms with van der Waals surface area (Å²) in [5.74, 6) is -0.928. The minimum atomic E-state index is -0.596. The van der Waals surface area contributed by atoms with E-state index in [1.807, 2.05) is 0 Å². The molecule has 0 unspecified atom stereocenters. The normalized spacial score (nSPS) is 10.4. The maximum absolute atomic E-state index is 11.9. The molecule has 0 aliphatic heterocycles. The molecule has 0 spiro atoms. The van der Waals surface area contributed by atoms with E-state index in [1.54, 1.807) is 42.5 Å². The summed E-state index contributed by atoms with van der Waals surface area (Å²) in [6.45, 7) is -0.257. The van der Waals surface area contributed by atoms with Crippen LogP contribution in [0.5, 0.6) is 11.5 Å². The molecule has 0 fully saturated rings. The van der Waals surface area contributed by atoms with Crippen LogP contribution in [0.15, 0.2) is 47.6 Å². The van der Waals surface area contributed by atoms with E-state index in [1.165, 1.54) is 20.4 Å². The molecule has 0 heterocycles. The first-order chi connectivity index (χ1) is 14.4. The molecule has 9 nitrogen and oxygen atoms in total. The molecule has 2 aromatic rings. The number of nitrogens with one attached hydrogen (secondary N) is 2. The minimum Gasteiger partial charge on any atom is -0.493 e. The number of esters is 1. The highest BCUT2D eigenvalue weighted by molar-refractivity contribution is 6.33. The maximum atomic E-state index is 11.9. The van der Waals surface area contributed by atoms with Crippen molar-refractivity contribution in [2.24, 2.45) is 5.10 Å². The fourth-order valence-electron chi connectivity index (χ4n) is 2.20. The molecule has 0 aliphatic carbocycles. The first-order valence-electron chi connectivity index (χ1n) is 8.67. The molecule has 30 heavy (non-hydrogen) atoms. The fraction of sp³-hybridized carbons (Fsp3) is 0.200. The van der Waals surface area contributed by atoms with Crippen molar-refractivity contribution >= 4 is 41.3 Å². The van der Waals surface area contributed by atoms with Gasteiger partial charge in [-0.15, -0.1) is 0 Å². The zero-order valence-electron chi connectivity index (χ0n) is 16.3. The quantitative estimate of drug-likeness (QED) is 0.271. The molecule has 0 aliphatic rings. The number of anilines is 1. The maximum Gasteiger partial charge on any atom is 0.343 e. The monoisotopic (exact) mass is 433 g/mol. The van der Waals surface area contributed by atoms with Crippen molar-refractivity contribution in [3.05, 3.63) is 53.1 Å². The summed E-state index contributed by atoms with van der Waals surface area (Å²) < 4.78 is 15.0. The van der Waals surface area contributed by atoms with Gasteiger partial charge in [-0.2, -0.15) is 5.10 Å². The summed E-state index contributed by atoms with van der Waals surface area (Å²) in [7, 11) is 2.71. The molecule has 0 aromatic heterocycles. The highest BCUT2D eigenvalue weighted by atomic mass is 35.5. The summed E-state index contributed by atoms with van der Waals surface area (Å²) in [4.78, 5) is 34.9. The molecular weight excluding hydrogens is 414 g/mol. The van der Waals surface area contributed by atoms with Crippen LogP contribution in [0, 0.1) is 0 Å². The molecule has 0 bridgehead atoms. The van der Waals surface area contributed by atoms with Crippen molar-refractivity contribution in [1.29, 1.82) is 0 Å². The Kier molecular flexibility index (Phi) is 8.64. The van der Waals surface area contributed by atoms with Gasteiger partial charge in [0.15, 0.2) is 18.1 Å². The molecule has 2 aromatic carbocycles. The Labute approximate surface area is 178 Å². The van der Waals surface area contributed by atoms with Gasteiger partial charge in [0.25, 0.3) is 0 Å². The number of amides is 2. The first-order valence-corrected chi connectivity index (χ1v) is 9.04. The smallest absolute Gasteiger partial charge is 0.343 e. The Hall–Kier alpha value is -3.59. The van der Waals surface area contributed by atoms with Gasteiger partial charge in [-0.3, -0.25) is 9.59 Å². The van der Waals surface area contributed by atoms with Gasteiger partial charge in [-0.25, -0.2) is 10.2 Å². The highest BCUT2D eigenvalue weighted by Crippen LogP contribution is 2.27. The molecule has 0 atom stereocenters. The number of ether oxygens (including phenoxy) is 3. The van der Waals surface area contributed by atoms with Crippen LogP contribution in [0.1, 0.15) is 12.0 Å². The zero-order valence-corrected chi connectivity index (χ0v) is 17.1. The largest absolute Gasteiger partial charge is 0.493 e. The third-order valence-corrected chi connectivity index (χ3v) is 3.96. The molecular formula is C20H20ClN3O6. The molecule has 0 saturated heterocycles. The number of hydrogen-bond donors (Lipinski definition) is 2. The van der Waals surface area contributed by atoms with Crippen LogP contribution in [-0.4, -0.2) is 44.8 Å². The Balaban J connectivity index is 1.88. The lowest BCUT2D eigenvalue weighted by molar-refractivity contribution is -0.143. The number of carbonyl (C=O) groups is 3.